The predicted molar refractivity (Wildman–Crippen MR) is 265 cm³/mol. The first kappa shape index (κ1) is 39.0. The third kappa shape index (κ3) is 7.31. The van der Waals surface area contributed by atoms with Gasteiger partial charge in [-0.25, -0.2) is 0 Å². The summed E-state index contributed by atoms with van der Waals surface area (Å²) in [5, 5.41) is 7.73. The smallest absolute Gasteiger partial charge is 0.263 e. The van der Waals surface area contributed by atoms with E-state index in [-0.39, 0.29) is 11.1 Å². The molecule has 0 saturated carbocycles. The molecule has 0 radical (unpaired) electrons. The van der Waals surface area contributed by atoms with Gasteiger partial charge in [-0.2, -0.15) is 0 Å². The molecule has 9 aromatic heterocycles. The van der Waals surface area contributed by atoms with Crippen molar-refractivity contribution >= 4 is 143 Å². The minimum absolute atomic E-state index is 0.0186. The monoisotopic (exact) mass is 868 g/mol. The Morgan fingerprint density at radius 1 is 0.492 bits per heavy atom. The van der Waals surface area contributed by atoms with Crippen LogP contribution in [0.5, 0.6) is 0 Å². The topological polar surface area (TPSA) is 43.0 Å². The zero-order valence-electron chi connectivity index (χ0n) is 33.7. The van der Waals surface area contributed by atoms with Gasteiger partial charge in [0.15, 0.2) is 0 Å². The first-order chi connectivity index (χ1) is 29.0. The molecule has 0 amide bonds. The molecule has 0 bridgehead atoms. The number of fused-ring (bicyclic) bond motifs is 8. The van der Waals surface area contributed by atoms with Crippen molar-refractivity contribution in [2.75, 3.05) is 0 Å². The van der Waals surface area contributed by atoms with Crippen LogP contribution in [0.1, 0.15) is 122 Å². The molecule has 10 rings (SSSR count). The number of aryl methyl sites for hydroxylation is 2. The lowest BCUT2D eigenvalue weighted by molar-refractivity contribution is 0.609. The van der Waals surface area contributed by atoms with Gasteiger partial charge in [-0.05, 0) is 108 Å². The van der Waals surface area contributed by atoms with Crippen molar-refractivity contribution in [3.8, 4) is 0 Å². The first-order valence-corrected chi connectivity index (χ1v) is 25.7. The molecular weight excluding hydrogens is 821 g/mol. The molecule has 0 aliphatic carbocycles. The van der Waals surface area contributed by atoms with E-state index in [1.807, 2.05) is 43.6 Å². The average Bonchev–Trinajstić information content (AvgIpc) is 4.09. The molecule has 300 valence electrons. The normalized spacial score (nSPS) is 12.8. The van der Waals surface area contributed by atoms with Gasteiger partial charge >= 0.3 is 0 Å². The molecule has 59 heavy (non-hydrogen) atoms. The Hall–Kier alpha value is -4.12. The van der Waals surface area contributed by atoms with Gasteiger partial charge in [-0.15, -0.1) is 56.7 Å². The number of benzene rings is 1. The molecule has 10 aromatic rings. The van der Waals surface area contributed by atoms with Gasteiger partial charge in [0, 0.05) is 41.1 Å². The molecule has 0 unspecified atom stereocenters. The minimum atomic E-state index is -0.0186. The Bertz CT molecular complexity index is 3050. The fourth-order valence-corrected chi connectivity index (χ4v) is 14.1. The number of unbranched alkanes of at least 4 members (excludes halogenated alkanes) is 10. The maximum atomic E-state index is 14.3. The highest BCUT2D eigenvalue weighted by Crippen LogP contribution is 2.45. The predicted octanol–water partition coefficient (Wildman–Crippen LogP) is 16.0. The lowest BCUT2D eigenvalue weighted by Crippen LogP contribution is -2.14. The van der Waals surface area contributed by atoms with Crippen LogP contribution in [0.3, 0.4) is 0 Å². The van der Waals surface area contributed by atoms with Crippen LogP contribution in [0, 0.1) is 0 Å². The second-order valence-corrected chi connectivity index (χ2v) is 21.4. The van der Waals surface area contributed by atoms with E-state index in [2.05, 4.69) is 85.3 Å². The van der Waals surface area contributed by atoms with E-state index >= 15 is 0 Å². The van der Waals surface area contributed by atoms with Crippen LogP contribution < -0.4 is 11.1 Å². The van der Waals surface area contributed by atoms with Crippen molar-refractivity contribution in [2.45, 2.75) is 104 Å². The lowest BCUT2D eigenvalue weighted by atomic mass is 10.0. The maximum Gasteiger partial charge on any atom is 0.263 e. The van der Waals surface area contributed by atoms with E-state index in [1.54, 1.807) is 34.0 Å². The second-order valence-electron chi connectivity index (χ2n) is 16.2. The summed E-state index contributed by atoms with van der Waals surface area (Å²) in [6.07, 6.45) is 27.0. The Morgan fingerprint density at radius 3 is 1.39 bits per heavy atom. The van der Waals surface area contributed by atoms with Gasteiger partial charge in [-0.1, -0.05) is 90.2 Å². The van der Waals surface area contributed by atoms with Crippen LogP contribution >= 0.6 is 56.7 Å². The summed E-state index contributed by atoms with van der Waals surface area (Å²) >= 11 is 8.90. The zero-order chi connectivity index (χ0) is 40.0. The lowest BCUT2D eigenvalue weighted by Gasteiger charge is -2.05. The summed E-state index contributed by atoms with van der Waals surface area (Å²) in [4.78, 5) is 33.9. The van der Waals surface area contributed by atoms with Crippen molar-refractivity contribution in [3.05, 3.63) is 111 Å². The fraction of sp³-hybridized carbons (Fsp3) is 0.320. The summed E-state index contributed by atoms with van der Waals surface area (Å²) in [6, 6.07) is 17.1. The van der Waals surface area contributed by atoms with Crippen molar-refractivity contribution < 1.29 is 0 Å². The van der Waals surface area contributed by atoms with Crippen molar-refractivity contribution in [1.82, 2.24) is 8.80 Å². The molecule has 0 saturated heterocycles. The number of rotatable bonds is 18. The summed E-state index contributed by atoms with van der Waals surface area (Å²) in [5.41, 5.74) is 6.22. The van der Waals surface area contributed by atoms with Gasteiger partial charge < -0.3 is 0 Å². The van der Waals surface area contributed by atoms with E-state index in [0.29, 0.717) is 10.8 Å². The Kier molecular flexibility index (Phi) is 11.1. The minimum Gasteiger partial charge on any atom is -0.274 e. The van der Waals surface area contributed by atoms with Crippen molar-refractivity contribution in [2.24, 2.45) is 0 Å². The number of thiophene rings is 5. The van der Waals surface area contributed by atoms with E-state index < -0.39 is 0 Å². The average molecular weight is 869 g/mol. The van der Waals surface area contributed by atoms with Crippen LogP contribution in [0.15, 0.2) is 68.9 Å². The SMILES string of the molecule is CCCCCCCCc1cc(/C=C/c2cc3c(cc4c5sc6c7c(ccc(c(=O)n34)c57)c(=O)n3c4cc(/C=C/c5csc(CCCCCCCC)c5)sc4cc63)s2)cs1. The molecule has 1 aromatic carbocycles. The number of hydrogen-bond donors (Lipinski definition) is 0. The largest absolute Gasteiger partial charge is 0.274 e. The molecule has 9 heteroatoms. The second kappa shape index (κ2) is 16.7. The van der Waals surface area contributed by atoms with Crippen LogP contribution in [0.4, 0.5) is 0 Å². The highest BCUT2D eigenvalue weighted by Gasteiger charge is 2.24. The van der Waals surface area contributed by atoms with Crippen LogP contribution in [0.25, 0.3) is 86.7 Å². The van der Waals surface area contributed by atoms with Gasteiger partial charge in [-0.3, -0.25) is 18.4 Å². The third-order valence-electron chi connectivity index (χ3n) is 12.0. The van der Waals surface area contributed by atoms with Crippen molar-refractivity contribution in [3.63, 3.8) is 0 Å². The van der Waals surface area contributed by atoms with Crippen molar-refractivity contribution in [1.29, 1.82) is 0 Å². The van der Waals surface area contributed by atoms with Crippen LogP contribution in [-0.4, -0.2) is 8.80 Å². The summed E-state index contributed by atoms with van der Waals surface area (Å²) < 4.78 is 8.16. The van der Waals surface area contributed by atoms with Crippen LogP contribution in [0.2, 0.25) is 0 Å². The quantitative estimate of drug-likeness (QED) is 0.0637. The molecule has 0 spiro atoms. The summed E-state index contributed by atoms with van der Waals surface area (Å²) in [6.45, 7) is 4.54. The van der Waals surface area contributed by atoms with Gasteiger partial charge in [0.2, 0.25) is 0 Å². The molecule has 0 N–H and O–H groups in total. The maximum absolute atomic E-state index is 14.3. The summed E-state index contributed by atoms with van der Waals surface area (Å²) in [5.74, 6) is 0. The molecular formula is C50H48N2O2S5. The molecule has 0 aliphatic rings. The standard InChI is InChI=1S/C50H48N2O2S5/c1-3-5-7-9-11-13-15-33-23-31(29-55-33)17-19-35-25-39-43(57-35)27-41-47-45-37(49(53)51(39)41)21-22-38-46(45)48(59-47)42-28-44-40(52(42)50(38)54)26-36(58-44)20-18-32-24-34(56-30-32)16-14-12-10-8-6-4-2/h17-30H,3-16H2,1-2H3/b19-17+,20-18+. The highest BCUT2D eigenvalue weighted by atomic mass is 32.1. The third-order valence-corrected chi connectivity index (χ3v) is 17.3. The first-order valence-electron chi connectivity index (χ1n) is 21.5. The Balaban J connectivity index is 0.931. The molecule has 0 aliphatic heterocycles. The number of nitrogens with zero attached hydrogens (tertiary/aromatic N) is 2. The summed E-state index contributed by atoms with van der Waals surface area (Å²) in [7, 11) is 0. The van der Waals surface area contributed by atoms with Crippen LogP contribution in [-0.2, 0) is 12.8 Å². The van der Waals surface area contributed by atoms with E-state index in [9.17, 15) is 9.59 Å². The molecule has 0 atom stereocenters. The van der Waals surface area contributed by atoms with Gasteiger partial charge in [0.25, 0.3) is 11.1 Å². The van der Waals surface area contributed by atoms with E-state index in [4.69, 9.17) is 0 Å². The molecule has 9 heterocycles. The highest BCUT2D eigenvalue weighted by molar-refractivity contribution is 7.28. The van der Waals surface area contributed by atoms with E-state index in [1.165, 1.54) is 97.9 Å². The molecule has 0 fully saturated rings. The Labute approximate surface area is 364 Å². The Morgan fingerprint density at radius 2 is 0.932 bits per heavy atom. The number of pyridine rings is 2. The zero-order valence-corrected chi connectivity index (χ0v) is 37.8. The van der Waals surface area contributed by atoms with Gasteiger partial charge in [0.1, 0.15) is 0 Å². The fourth-order valence-electron chi connectivity index (χ4n) is 8.94. The van der Waals surface area contributed by atoms with Gasteiger partial charge in [0.05, 0.1) is 40.9 Å². The van der Waals surface area contributed by atoms with E-state index in [0.717, 1.165) is 74.2 Å². The number of hydrogen-bond acceptors (Lipinski definition) is 7. The number of aromatic nitrogens is 2. The molecule has 4 nitrogen and oxygen atoms in total.